The van der Waals surface area contributed by atoms with Crippen LogP contribution in [0.3, 0.4) is 0 Å². The molecule has 29 heavy (non-hydrogen) atoms. The molecular formula is C21H25N3O5. The summed E-state index contributed by atoms with van der Waals surface area (Å²) in [6.45, 7) is 0.562. The number of alkyl carbamates (subject to hydrolysis) is 1. The van der Waals surface area contributed by atoms with Crippen LogP contribution in [0.5, 0.6) is 0 Å². The summed E-state index contributed by atoms with van der Waals surface area (Å²) in [6, 6.07) is 13.9. The van der Waals surface area contributed by atoms with E-state index in [2.05, 4.69) is 10.6 Å². The Bertz CT molecular complexity index is 883. The van der Waals surface area contributed by atoms with Gasteiger partial charge < -0.3 is 25.0 Å². The predicted molar refractivity (Wildman–Crippen MR) is 107 cm³/mol. The highest BCUT2D eigenvalue weighted by Crippen LogP contribution is 2.26. The number of carboxylic acid groups (broad SMARTS) is 1. The van der Waals surface area contributed by atoms with E-state index >= 15 is 0 Å². The van der Waals surface area contributed by atoms with Crippen LogP contribution in [0.2, 0.25) is 0 Å². The van der Waals surface area contributed by atoms with E-state index in [1.807, 2.05) is 30.3 Å². The fourth-order valence-electron chi connectivity index (χ4n) is 3.74. The van der Waals surface area contributed by atoms with Crippen molar-refractivity contribution in [2.75, 3.05) is 0 Å². The third-order valence-electron chi connectivity index (χ3n) is 5.16. The molecular weight excluding hydrogens is 374 g/mol. The van der Waals surface area contributed by atoms with Crippen molar-refractivity contribution in [1.29, 1.82) is 0 Å². The summed E-state index contributed by atoms with van der Waals surface area (Å²) >= 11 is 0. The zero-order chi connectivity index (χ0) is 20.6. The molecule has 8 nitrogen and oxygen atoms in total. The van der Waals surface area contributed by atoms with Crippen LogP contribution >= 0.6 is 0 Å². The molecule has 1 aromatic heterocycles. The van der Waals surface area contributed by atoms with Crippen LogP contribution in [0.4, 0.5) is 9.59 Å². The van der Waals surface area contributed by atoms with E-state index in [0.717, 1.165) is 5.56 Å². The van der Waals surface area contributed by atoms with Crippen molar-refractivity contribution >= 4 is 12.2 Å². The zero-order valence-corrected chi connectivity index (χ0v) is 16.0. The van der Waals surface area contributed by atoms with Crippen molar-refractivity contribution in [3.05, 3.63) is 70.6 Å². The lowest BCUT2D eigenvalue weighted by Crippen LogP contribution is -2.50. The van der Waals surface area contributed by atoms with Gasteiger partial charge in [0.15, 0.2) is 0 Å². The van der Waals surface area contributed by atoms with Crippen molar-refractivity contribution in [3.63, 3.8) is 0 Å². The smallest absolute Gasteiger partial charge is 0.407 e. The monoisotopic (exact) mass is 399 g/mol. The van der Waals surface area contributed by atoms with Gasteiger partial charge in [0.1, 0.15) is 6.61 Å². The average Bonchev–Trinajstić information content (AvgIpc) is 2.70. The summed E-state index contributed by atoms with van der Waals surface area (Å²) in [5.41, 5.74) is 0.760. The number of carbonyl (C=O) groups excluding carboxylic acids is 1. The number of aromatic nitrogens is 1. The highest BCUT2D eigenvalue weighted by molar-refractivity contribution is 5.67. The van der Waals surface area contributed by atoms with E-state index in [-0.39, 0.29) is 30.2 Å². The van der Waals surface area contributed by atoms with Gasteiger partial charge in [0.25, 0.3) is 5.56 Å². The predicted octanol–water partition coefficient (Wildman–Crippen LogP) is 2.58. The molecule has 154 valence electrons. The molecule has 0 spiro atoms. The standard InChI is InChI=1S/C21H25N3O5/c25-19-8-4-5-11-24(19)13-16-12-17(22-20(26)27)9-10-18(16)23-21(28)29-14-15-6-2-1-3-7-15/h1-8,11,16-18,22H,9-10,12-14H2,(H,23,28)(H,26,27)/t16-,17+,18-/m0/s1. The molecule has 0 bridgehead atoms. The van der Waals surface area contributed by atoms with E-state index < -0.39 is 12.2 Å². The fraction of sp³-hybridized carbons (Fsp3) is 0.381. The molecule has 0 unspecified atom stereocenters. The van der Waals surface area contributed by atoms with Crippen molar-refractivity contribution in [3.8, 4) is 0 Å². The number of amides is 2. The maximum atomic E-state index is 12.3. The molecule has 1 aliphatic carbocycles. The van der Waals surface area contributed by atoms with Crippen LogP contribution in [-0.4, -0.2) is 33.9 Å². The Morgan fingerprint density at radius 2 is 1.83 bits per heavy atom. The second-order valence-electron chi connectivity index (χ2n) is 7.22. The first kappa shape index (κ1) is 20.4. The minimum atomic E-state index is -1.07. The Kier molecular flexibility index (Phi) is 6.89. The third kappa shape index (κ3) is 6.10. The number of nitrogens with one attached hydrogen (secondary N) is 2. The maximum absolute atomic E-state index is 12.3. The van der Waals surface area contributed by atoms with Crippen LogP contribution in [0.25, 0.3) is 0 Å². The van der Waals surface area contributed by atoms with Crippen molar-refractivity contribution in [2.45, 2.75) is 44.5 Å². The number of hydrogen-bond acceptors (Lipinski definition) is 4. The summed E-state index contributed by atoms with van der Waals surface area (Å²) in [7, 11) is 0. The number of hydrogen-bond donors (Lipinski definition) is 3. The SMILES string of the molecule is O=C(O)N[C@@H]1CC[C@H](NC(=O)OCc2ccccc2)[C@H](Cn2ccccc2=O)C1. The molecule has 1 heterocycles. The normalized spacial score (nSPS) is 21.2. The Morgan fingerprint density at radius 1 is 1.07 bits per heavy atom. The lowest BCUT2D eigenvalue weighted by Gasteiger charge is -2.36. The van der Waals surface area contributed by atoms with Gasteiger partial charge in [-0.25, -0.2) is 9.59 Å². The van der Waals surface area contributed by atoms with E-state index in [4.69, 9.17) is 9.84 Å². The molecule has 0 saturated heterocycles. The van der Waals surface area contributed by atoms with Gasteiger partial charge in [-0.1, -0.05) is 36.4 Å². The average molecular weight is 399 g/mol. The molecule has 1 aromatic carbocycles. The van der Waals surface area contributed by atoms with Gasteiger partial charge in [0.05, 0.1) is 0 Å². The summed E-state index contributed by atoms with van der Waals surface area (Å²) in [5, 5.41) is 14.4. The van der Waals surface area contributed by atoms with E-state index in [1.165, 1.54) is 6.07 Å². The first-order valence-electron chi connectivity index (χ1n) is 9.63. The van der Waals surface area contributed by atoms with Gasteiger partial charge >= 0.3 is 12.2 Å². The Hall–Kier alpha value is -3.29. The summed E-state index contributed by atoms with van der Waals surface area (Å²) < 4.78 is 6.90. The second-order valence-corrected chi connectivity index (χ2v) is 7.22. The third-order valence-corrected chi connectivity index (χ3v) is 5.16. The quantitative estimate of drug-likeness (QED) is 0.692. The Morgan fingerprint density at radius 3 is 2.55 bits per heavy atom. The first-order valence-corrected chi connectivity index (χ1v) is 9.63. The van der Waals surface area contributed by atoms with Gasteiger partial charge in [0.2, 0.25) is 0 Å². The van der Waals surface area contributed by atoms with Crippen LogP contribution in [-0.2, 0) is 17.9 Å². The van der Waals surface area contributed by atoms with Crippen LogP contribution in [0.15, 0.2) is 59.5 Å². The number of carbonyl (C=O) groups is 2. The highest BCUT2D eigenvalue weighted by atomic mass is 16.5. The number of nitrogens with zero attached hydrogens (tertiary/aromatic N) is 1. The van der Waals surface area contributed by atoms with Gasteiger partial charge in [-0.2, -0.15) is 0 Å². The fourth-order valence-corrected chi connectivity index (χ4v) is 3.74. The summed E-state index contributed by atoms with van der Waals surface area (Å²) in [6.07, 6.45) is 1.83. The summed E-state index contributed by atoms with van der Waals surface area (Å²) in [5.74, 6) is -0.107. The van der Waals surface area contributed by atoms with Crippen LogP contribution in [0, 0.1) is 5.92 Å². The number of benzene rings is 1. The number of rotatable bonds is 6. The van der Waals surface area contributed by atoms with Crippen molar-refractivity contribution in [2.24, 2.45) is 5.92 Å². The van der Waals surface area contributed by atoms with E-state index in [9.17, 15) is 14.4 Å². The van der Waals surface area contributed by atoms with Gasteiger partial charge in [-0.05, 0) is 36.8 Å². The topological polar surface area (TPSA) is 110 Å². The molecule has 0 radical (unpaired) electrons. The van der Waals surface area contributed by atoms with Crippen molar-refractivity contribution < 1.29 is 19.4 Å². The molecule has 1 saturated carbocycles. The molecule has 2 amide bonds. The van der Waals surface area contributed by atoms with Gasteiger partial charge in [0, 0.05) is 30.9 Å². The largest absolute Gasteiger partial charge is 0.465 e. The molecule has 8 heteroatoms. The lowest BCUT2D eigenvalue weighted by atomic mass is 9.81. The Labute approximate surface area is 168 Å². The molecule has 1 fully saturated rings. The molecule has 3 atom stereocenters. The molecule has 3 rings (SSSR count). The minimum absolute atomic E-state index is 0.107. The Balaban J connectivity index is 1.64. The molecule has 2 aromatic rings. The van der Waals surface area contributed by atoms with E-state index in [0.29, 0.717) is 25.8 Å². The number of ether oxygens (including phenoxy) is 1. The van der Waals surface area contributed by atoms with Gasteiger partial charge in [-0.15, -0.1) is 0 Å². The maximum Gasteiger partial charge on any atom is 0.407 e. The van der Waals surface area contributed by atoms with Gasteiger partial charge in [-0.3, -0.25) is 4.79 Å². The van der Waals surface area contributed by atoms with Crippen LogP contribution < -0.4 is 16.2 Å². The first-order chi connectivity index (χ1) is 14.0. The zero-order valence-electron chi connectivity index (χ0n) is 16.0. The summed E-state index contributed by atoms with van der Waals surface area (Å²) in [4.78, 5) is 35.4. The molecule has 0 aliphatic heterocycles. The van der Waals surface area contributed by atoms with Crippen molar-refractivity contribution in [1.82, 2.24) is 15.2 Å². The molecule has 3 N–H and O–H groups in total. The molecule has 1 aliphatic rings. The second kappa shape index (κ2) is 9.77. The van der Waals surface area contributed by atoms with Crippen LogP contribution in [0.1, 0.15) is 24.8 Å². The lowest BCUT2D eigenvalue weighted by molar-refractivity contribution is 0.119. The number of pyridine rings is 1. The highest BCUT2D eigenvalue weighted by Gasteiger charge is 2.33. The minimum Gasteiger partial charge on any atom is -0.465 e. The van der Waals surface area contributed by atoms with E-state index in [1.54, 1.807) is 22.9 Å².